The number of rotatable bonds is 42. The van der Waals surface area contributed by atoms with Crippen molar-refractivity contribution in [1.29, 1.82) is 0 Å². The van der Waals surface area contributed by atoms with Crippen molar-refractivity contribution in [3.63, 3.8) is 0 Å². The van der Waals surface area contributed by atoms with E-state index in [-0.39, 0.29) is 13.0 Å². The van der Waals surface area contributed by atoms with E-state index in [9.17, 15) is 19.4 Å². The highest BCUT2D eigenvalue weighted by molar-refractivity contribution is 7.47. The molecule has 0 aliphatic heterocycles. The number of phosphoric acid groups is 1. The van der Waals surface area contributed by atoms with Crippen LogP contribution in [-0.4, -0.2) is 66.3 Å². The van der Waals surface area contributed by atoms with Crippen LogP contribution in [0.1, 0.15) is 174 Å². The molecule has 57 heavy (non-hydrogen) atoms. The Kier molecular flexibility index (Phi) is 41.9. The highest BCUT2D eigenvalue weighted by Gasteiger charge is 2.26. The van der Waals surface area contributed by atoms with E-state index in [1.54, 1.807) is 0 Å². The number of aliphatic hydroxyl groups is 2. The average Bonchev–Trinajstić information content (AvgIpc) is 3.20. The van der Waals surface area contributed by atoms with E-state index in [2.05, 4.69) is 86.8 Å². The van der Waals surface area contributed by atoms with Crippen molar-refractivity contribution in [3.8, 4) is 0 Å². The van der Waals surface area contributed by atoms with Crippen molar-refractivity contribution in [3.05, 3.63) is 72.9 Å². The summed E-state index contributed by atoms with van der Waals surface area (Å²) in [6.07, 6.45) is 51.5. The van der Waals surface area contributed by atoms with Crippen LogP contribution in [0.25, 0.3) is 0 Å². The molecule has 0 aliphatic carbocycles. The molecule has 0 rings (SSSR count). The fourth-order valence-corrected chi connectivity index (χ4v) is 6.52. The van der Waals surface area contributed by atoms with Gasteiger partial charge in [0.2, 0.25) is 0 Å². The predicted molar refractivity (Wildman–Crippen MR) is 237 cm³/mol. The molecule has 3 atom stereocenters. The summed E-state index contributed by atoms with van der Waals surface area (Å²) >= 11 is 0. The van der Waals surface area contributed by atoms with Crippen LogP contribution in [0.15, 0.2) is 72.9 Å². The summed E-state index contributed by atoms with van der Waals surface area (Å²) in [7, 11) is -4.54. The van der Waals surface area contributed by atoms with Crippen molar-refractivity contribution >= 4 is 13.8 Å². The van der Waals surface area contributed by atoms with Crippen molar-refractivity contribution < 1.29 is 43.0 Å². The van der Waals surface area contributed by atoms with Crippen molar-refractivity contribution in [2.45, 2.75) is 187 Å². The maximum absolute atomic E-state index is 12.6. The van der Waals surface area contributed by atoms with Crippen molar-refractivity contribution in [2.75, 3.05) is 33.0 Å². The summed E-state index contributed by atoms with van der Waals surface area (Å²) in [5.41, 5.74) is 0. The SMILES string of the molecule is CC/C=C\C/C=C\C/C=C\C/C=C\C/C=C\CCCCOCC(COP(=O)(O)OCC(O)CO)OC(=O)CCCCCCCCC/C=C\CCCCCCCCC. The van der Waals surface area contributed by atoms with Gasteiger partial charge in [-0.25, -0.2) is 4.57 Å². The third kappa shape index (κ3) is 43.3. The predicted octanol–water partition coefficient (Wildman–Crippen LogP) is 12.5. The van der Waals surface area contributed by atoms with Gasteiger partial charge in [0.25, 0.3) is 0 Å². The summed E-state index contributed by atoms with van der Waals surface area (Å²) in [5, 5.41) is 18.4. The lowest BCUT2D eigenvalue weighted by molar-refractivity contribution is -0.154. The van der Waals surface area contributed by atoms with Crippen LogP contribution < -0.4 is 0 Å². The molecule has 0 aromatic rings. The second kappa shape index (κ2) is 43.5. The van der Waals surface area contributed by atoms with E-state index in [4.69, 9.17) is 23.6 Å². The quantitative estimate of drug-likeness (QED) is 0.0238. The fourth-order valence-electron chi connectivity index (χ4n) is 5.73. The molecule has 330 valence electrons. The molecule has 0 saturated heterocycles. The number of unbranched alkanes of at least 4 members (excludes halogenated alkanes) is 16. The third-order valence-electron chi connectivity index (χ3n) is 9.13. The molecule has 0 aromatic carbocycles. The van der Waals surface area contributed by atoms with Gasteiger partial charge < -0.3 is 24.6 Å². The molecule has 0 amide bonds. The van der Waals surface area contributed by atoms with Gasteiger partial charge in [0, 0.05) is 13.0 Å². The van der Waals surface area contributed by atoms with Gasteiger partial charge in [0.1, 0.15) is 12.2 Å². The zero-order valence-electron chi connectivity index (χ0n) is 36.0. The van der Waals surface area contributed by atoms with Crippen molar-refractivity contribution in [1.82, 2.24) is 0 Å². The minimum absolute atomic E-state index is 0.0149. The highest BCUT2D eigenvalue weighted by atomic mass is 31.2. The van der Waals surface area contributed by atoms with E-state index in [0.29, 0.717) is 13.0 Å². The number of hydrogen-bond donors (Lipinski definition) is 3. The first-order chi connectivity index (χ1) is 27.8. The van der Waals surface area contributed by atoms with Crippen LogP contribution in [0.4, 0.5) is 0 Å². The lowest BCUT2D eigenvalue weighted by Crippen LogP contribution is -2.29. The fraction of sp³-hybridized carbons (Fsp3) is 0.723. The monoisotopic (exact) mass is 823 g/mol. The number of esters is 1. The van der Waals surface area contributed by atoms with Crippen LogP contribution in [-0.2, 0) is 27.9 Å². The lowest BCUT2D eigenvalue weighted by atomic mass is 10.1. The van der Waals surface area contributed by atoms with E-state index >= 15 is 0 Å². The van der Waals surface area contributed by atoms with Gasteiger partial charge in [-0.3, -0.25) is 13.8 Å². The molecular weight excluding hydrogens is 739 g/mol. The molecule has 0 aromatic heterocycles. The van der Waals surface area contributed by atoms with Gasteiger partial charge in [-0.2, -0.15) is 0 Å². The second-order valence-electron chi connectivity index (χ2n) is 14.7. The first-order valence-corrected chi connectivity index (χ1v) is 23.9. The number of hydrogen-bond acceptors (Lipinski definition) is 8. The highest BCUT2D eigenvalue weighted by Crippen LogP contribution is 2.43. The molecule has 10 heteroatoms. The zero-order valence-corrected chi connectivity index (χ0v) is 36.9. The largest absolute Gasteiger partial charge is 0.472 e. The molecule has 0 bridgehead atoms. The summed E-state index contributed by atoms with van der Waals surface area (Å²) in [4.78, 5) is 22.6. The molecule has 0 heterocycles. The first kappa shape index (κ1) is 54.9. The van der Waals surface area contributed by atoms with Gasteiger partial charge in [0.15, 0.2) is 0 Å². The number of aliphatic hydroxyl groups excluding tert-OH is 2. The van der Waals surface area contributed by atoms with E-state index in [1.807, 2.05) is 0 Å². The summed E-state index contributed by atoms with van der Waals surface area (Å²) in [6, 6.07) is 0. The maximum atomic E-state index is 12.6. The van der Waals surface area contributed by atoms with Gasteiger partial charge in [-0.1, -0.05) is 157 Å². The molecule has 0 fully saturated rings. The standard InChI is InChI=1S/C47H83O9P/c1-3-5-7-9-11-13-15-17-19-21-23-25-27-29-31-33-35-37-39-47(50)56-46(44-55-57(51,52)54-42-45(49)41-48)43-53-40-38-36-34-32-30-28-26-24-22-20-18-16-14-12-10-8-6-4-2/h6,8,12,14,18-21,24,26,30,32,45-46,48-49H,3-5,7,9-11,13,15-17,22-23,25,27-29,31,33-44H2,1-2H3,(H,51,52)/b8-6-,14-12-,20-18-,21-19-,26-24-,32-30-. The van der Waals surface area contributed by atoms with Crippen molar-refractivity contribution in [2.24, 2.45) is 0 Å². The van der Waals surface area contributed by atoms with Crippen LogP contribution in [0, 0.1) is 0 Å². The Morgan fingerprint density at radius 2 is 1.00 bits per heavy atom. The van der Waals surface area contributed by atoms with Gasteiger partial charge >= 0.3 is 13.8 Å². The molecule has 3 unspecified atom stereocenters. The molecular formula is C47H83O9P. The van der Waals surface area contributed by atoms with Gasteiger partial charge in [-0.15, -0.1) is 0 Å². The Bertz CT molecular complexity index is 1110. The zero-order chi connectivity index (χ0) is 41.8. The number of allylic oxidation sites excluding steroid dienone is 12. The third-order valence-corrected chi connectivity index (χ3v) is 10.1. The van der Waals surface area contributed by atoms with Gasteiger partial charge in [0.05, 0.1) is 26.4 Å². The Morgan fingerprint density at radius 1 is 0.561 bits per heavy atom. The average molecular weight is 823 g/mol. The Balaban J connectivity index is 4.26. The minimum Gasteiger partial charge on any atom is -0.457 e. The lowest BCUT2D eigenvalue weighted by Gasteiger charge is -2.20. The van der Waals surface area contributed by atoms with Crippen LogP contribution in [0.5, 0.6) is 0 Å². The maximum Gasteiger partial charge on any atom is 0.472 e. The topological polar surface area (TPSA) is 132 Å². The molecule has 0 radical (unpaired) electrons. The van der Waals surface area contributed by atoms with E-state index in [0.717, 1.165) is 77.0 Å². The van der Waals surface area contributed by atoms with Crippen LogP contribution in [0.2, 0.25) is 0 Å². The van der Waals surface area contributed by atoms with Crippen LogP contribution in [0.3, 0.4) is 0 Å². The summed E-state index contributed by atoms with van der Waals surface area (Å²) in [6.45, 7) is 3.28. The molecule has 9 nitrogen and oxygen atoms in total. The minimum atomic E-state index is -4.54. The van der Waals surface area contributed by atoms with E-state index < -0.39 is 45.8 Å². The first-order valence-electron chi connectivity index (χ1n) is 22.4. The number of ether oxygens (including phenoxy) is 2. The molecule has 0 saturated carbocycles. The second-order valence-corrected chi connectivity index (χ2v) is 16.1. The smallest absolute Gasteiger partial charge is 0.457 e. The number of carbonyl (C=O) groups excluding carboxylic acids is 1. The molecule has 0 aliphatic rings. The molecule has 0 spiro atoms. The van der Waals surface area contributed by atoms with Gasteiger partial charge in [-0.05, 0) is 83.5 Å². The Morgan fingerprint density at radius 3 is 1.53 bits per heavy atom. The summed E-state index contributed by atoms with van der Waals surface area (Å²) in [5.74, 6) is -0.404. The van der Waals surface area contributed by atoms with Crippen LogP contribution >= 0.6 is 7.82 Å². The Labute approximate surface area is 348 Å². The Hall–Kier alpha value is -2.10. The number of carbonyl (C=O) groups is 1. The van der Waals surface area contributed by atoms with E-state index in [1.165, 1.54) is 70.6 Å². The molecule has 3 N–H and O–H groups in total. The summed E-state index contributed by atoms with van der Waals surface area (Å²) < 4.78 is 33.3. The number of phosphoric ester groups is 1. The normalized spacial score (nSPS) is 14.7.